The quantitative estimate of drug-likeness (QED) is 0.0237. The third-order valence-corrected chi connectivity index (χ3v) is 18.9. The maximum atomic E-state index is 9.75. The molecular formula is C36H78BF4NP2. The number of hydrogen-bond donors (Lipinski definition) is 0. The summed E-state index contributed by atoms with van der Waals surface area (Å²) >= 11 is 0. The number of halogens is 4. The maximum Gasteiger partial charge on any atom is 0.673 e. The lowest BCUT2D eigenvalue weighted by Crippen LogP contribution is -2.10. The molecule has 0 amide bonds. The Hall–Kier alpha value is 0.355. The Morgan fingerprint density at radius 3 is 0.614 bits per heavy atom. The summed E-state index contributed by atoms with van der Waals surface area (Å²) in [4.78, 5) is 0. The number of rotatable bonds is 30. The van der Waals surface area contributed by atoms with Crippen LogP contribution in [-0.4, -0.2) is 44.2 Å². The second-order valence-electron chi connectivity index (χ2n) is 13.5. The number of hydrogen-bond acceptors (Lipinski definition) is 0. The number of nitrogens with zero attached hydrogens (tertiary/aromatic N) is 1. The van der Waals surface area contributed by atoms with Crippen molar-refractivity contribution < 1.29 is 17.3 Å². The molecular weight excluding hydrogens is 595 g/mol. The van der Waals surface area contributed by atoms with Crippen molar-refractivity contribution in [2.45, 2.75) is 196 Å². The monoisotopic (exact) mass is 674 g/mol. The highest BCUT2D eigenvalue weighted by Gasteiger charge is 2.35. The van der Waals surface area contributed by atoms with E-state index in [4.69, 9.17) is 4.17 Å². The summed E-state index contributed by atoms with van der Waals surface area (Å²) in [6, 6.07) is 0. The molecule has 0 fully saturated rings. The maximum absolute atomic E-state index is 9.75. The van der Waals surface area contributed by atoms with Crippen LogP contribution in [0.25, 0.3) is 0 Å². The molecule has 0 saturated heterocycles. The predicted octanol–water partition coefficient (Wildman–Crippen LogP) is 15.2. The molecule has 0 saturated carbocycles. The summed E-state index contributed by atoms with van der Waals surface area (Å²) in [5.74, 6) is 0. The van der Waals surface area contributed by atoms with E-state index in [1.54, 1.807) is 0 Å². The fourth-order valence-corrected chi connectivity index (χ4v) is 17.9. The summed E-state index contributed by atoms with van der Waals surface area (Å²) in [5, 5.41) is 0. The summed E-state index contributed by atoms with van der Waals surface area (Å²) in [6.45, 7) is 14.3. The van der Waals surface area contributed by atoms with Crippen LogP contribution >= 0.6 is 14.1 Å². The lowest BCUT2D eigenvalue weighted by molar-refractivity contribution is 0.368. The van der Waals surface area contributed by atoms with Crippen LogP contribution in [0.3, 0.4) is 0 Å². The molecule has 0 heterocycles. The molecule has 0 bridgehead atoms. The summed E-state index contributed by atoms with van der Waals surface area (Å²) in [6.07, 6.45) is 43.3. The van der Waals surface area contributed by atoms with Gasteiger partial charge in [-0.1, -0.05) is 157 Å². The van der Waals surface area contributed by atoms with Crippen LogP contribution in [0.15, 0.2) is 0 Å². The molecule has 0 aromatic carbocycles. The van der Waals surface area contributed by atoms with Crippen molar-refractivity contribution in [3.63, 3.8) is 0 Å². The van der Waals surface area contributed by atoms with Crippen LogP contribution in [0.1, 0.15) is 196 Å². The highest BCUT2D eigenvalue weighted by atomic mass is 31.2. The van der Waals surface area contributed by atoms with Gasteiger partial charge in [-0.3, -0.25) is 0 Å². The Balaban J connectivity index is 0. The fourth-order valence-electron chi connectivity index (χ4n) is 6.34. The Morgan fingerprint density at radius 1 is 0.318 bits per heavy atom. The molecule has 0 spiro atoms. The van der Waals surface area contributed by atoms with Gasteiger partial charge < -0.3 is 17.3 Å². The molecule has 0 atom stereocenters. The molecule has 0 aromatic rings. The van der Waals surface area contributed by atoms with Crippen LogP contribution < -0.4 is 4.17 Å². The van der Waals surface area contributed by atoms with Crippen molar-refractivity contribution in [1.82, 2.24) is 4.17 Å². The van der Waals surface area contributed by atoms with Gasteiger partial charge >= 0.3 is 7.25 Å². The lowest BCUT2D eigenvalue weighted by Gasteiger charge is -2.20. The second kappa shape index (κ2) is 31.9. The summed E-state index contributed by atoms with van der Waals surface area (Å²) in [5.41, 5.74) is 0. The van der Waals surface area contributed by atoms with Crippen molar-refractivity contribution in [2.24, 2.45) is 0 Å². The third kappa shape index (κ3) is 31.0. The Kier molecular flexibility index (Phi) is 33.7. The minimum absolute atomic E-state index is 1.23. The largest absolute Gasteiger partial charge is 0.673 e. The van der Waals surface area contributed by atoms with Crippen LogP contribution in [0.2, 0.25) is 0 Å². The van der Waals surface area contributed by atoms with Crippen molar-refractivity contribution in [1.29, 1.82) is 0 Å². The van der Waals surface area contributed by atoms with Gasteiger partial charge in [-0.2, -0.15) is 4.17 Å². The van der Waals surface area contributed by atoms with Gasteiger partial charge in [0.1, 0.15) is 0 Å². The van der Waals surface area contributed by atoms with Crippen LogP contribution in [0, 0.1) is 0 Å². The van der Waals surface area contributed by atoms with E-state index in [9.17, 15) is 17.3 Å². The van der Waals surface area contributed by atoms with E-state index in [2.05, 4.69) is 41.5 Å². The van der Waals surface area contributed by atoms with E-state index in [1.165, 1.54) is 191 Å². The Morgan fingerprint density at radius 2 is 0.477 bits per heavy atom. The van der Waals surface area contributed by atoms with Gasteiger partial charge in [-0.15, -0.1) is 0 Å². The molecule has 8 heteroatoms. The Bertz CT molecular complexity index is 591. The van der Waals surface area contributed by atoms with Gasteiger partial charge in [-0.05, 0) is 38.5 Å². The molecule has 1 nitrogen and oxygen atoms in total. The Labute approximate surface area is 274 Å². The average molecular weight is 674 g/mol. The first-order valence-corrected chi connectivity index (χ1v) is 24.0. The van der Waals surface area contributed by atoms with Crippen LogP contribution in [0.4, 0.5) is 17.3 Å². The normalized spacial score (nSPS) is 12.2. The molecule has 0 radical (unpaired) electrons. The van der Waals surface area contributed by atoms with Gasteiger partial charge in [0.25, 0.3) is 0 Å². The SMILES string of the molecule is CCCCCCP(CCCCCC)(CCCCCC)=[N+]=P(CCCCCC)(CCCCCC)CCCCCC.F[B-](F)(F)F. The second-order valence-corrected chi connectivity index (χ2v) is 21.3. The van der Waals surface area contributed by atoms with Gasteiger partial charge in [0.05, 0.1) is 0 Å². The lowest BCUT2D eigenvalue weighted by atomic mass is 10.2. The zero-order valence-corrected chi connectivity index (χ0v) is 32.4. The zero-order chi connectivity index (χ0) is 33.4. The highest BCUT2D eigenvalue weighted by Crippen LogP contribution is 2.56. The van der Waals surface area contributed by atoms with Gasteiger partial charge in [0.15, 0.2) is 0 Å². The van der Waals surface area contributed by atoms with Crippen LogP contribution in [-0.2, 0) is 0 Å². The first-order valence-electron chi connectivity index (χ1n) is 19.4. The topological polar surface area (TPSA) is 14.1 Å². The van der Waals surface area contributed by atoms with Gasteiger partial charge in [0.2, 0.25) is 14.1 Å². The molecule has 44 heavy (non-hydrogen) atoms. The van der Waals surface area contributed by atoms with E-state index >= 15 is 0 Å². The van der Waals surface area contributed by atoms with E-state index in [0.717, 1.165) is 0 Å². The molecule has 0 aliphatic heterocycles. The van der Waals surface area contributed by atoms with Gasteiger partial charge in [-0.25, -0.2) is 0 Å². The average Bonchev–Trinajstić information content (AvgIpc) is 2.98. The minimum Gasteiger partial charge on any atom is -0.418 e. The first-order chi connectivity index (χ1) is 21.1. The summed E-state index contributed by atoms with van der Waals surface area (Å²) in [7, 11) is -8.46. The summed E-state index contributed by atoms with van der Waals surface area (Å²) < 4.78 is 45.5. The van der Waals surface area contributed by atoms with Crippen molar-refractivity contribution in [3.8, 4) is 0 Å². The highest BCUT2D eigenvalue weighted by molar-refractivity contribution is 7.73. The van der Waals surface area contributed by atoms with Crippen LogP contribution in [0.5, 0.6) is 0 Å². The van der Waals surface area contributed by atoms with E-state index in [0.29, 0.717) is 0 Å². The molecule has 0 unspecified atom stereocenters. The first kappa shape index (κ1) is 46.5. The zero-order valence-electron chi connectivity index (χ0n) is 30.6. The molecule has 0 N–H and O–H groups in total. The minimum atomic E-state index is -6.00. The van der Waals surface area contributed by atoms with Crippen molar-refractivity contribution in [3.05, 3.63) is 0 Å². The van der Waals surface area contributed by atoms with E-state index in [-0.39, 0.29) is 0 Å². The predicted molar refractivity (Wildman–Crippen MR) is 200 cm³/mol. The molecule has 0 aromatic heterocycles. The molecule has 0 rings (SSSR count). The van der Waals surface area contributed by atoms with Crippen molar-refractivity contribution in [2.75, 3.05) is 37.0 Å². The standard InChI is InChI=1S/C36H78NP2.BF4/c1-7-13-19-25-31-38(32-26-20-14-8-2,33-27-21-15-9-3)37-39(34-28-22-16-10-4,35-29-23-17-11-5)36-30-24-18-12-6;2-1(3,4)5/h7-36H2,1-6H3;/q+1;-1. The molecule has 0 aliphatic carbocycles. The fraction of sp³-hybridized carbons (Fsp3) is 1.00. The molecule has 268 valence electrons. The number of unbranched alkanes of at least 4 members (excludes halogenated alkanes) is 18. The van der Waals surface area contributed by atoms with Gasteiger partial charge in [0, 0.05) is 37.0 Å². The van der Waals surface area contributed by atoms with E-state index in [1.807, 2.05) is 0 Å². The smallest absolute Gasteiger partial charge is 0.418 e. The van der Waals surface area contributed by atoms with Crippen molar-refractivity contribution >= 4 is 21.4 Å². The molecule has 0 aliphatic rings. The van der Waals surface area contributed by atoms with E-state index < -0.39 is 21.4 Å². The third-order valence-electron chi connectivity index (χ3n) is 8.95.